The van der Waals surface area contributed by atoms with Crippen LogP contribution in [0.15, 0.2) is 34.9 Å². The Kier molecular flexibility index (Phi) is 4.57. The third-order valence-corrected chi connectivity index (χ3v) is 6.77. The van der Waals surface area contributed by atoms with Crippen LogP contribution in [0.4, 0.5) is 0 Å². The molecular weight excluding hydrogens is 408 g/mol. The number of ether oxygens (including phenoxy) is 4. The van der Waals surface area contributed by atoms with E-state index in [-0.39, 0.29) is 28.4 Å². The number of esters is 3. The molecule has 0 aromatic carbocycles. The van der Waals surface area contributed by atoms with Gasteiger partial charge in [-0.25, -0.2) is 9.59 Å². The molecule has 9 nitrogen and oxygen atoms in total. The van der Waals surface area contributed by atoms with Gasteiger partial charge in [0.05, 0.1) is 12.0 Å². The number of carbonyl (C=O) groups is 4. The van der Waals surface area contributed by atoms with Crippen molar-refractivity contribution in [2.75, 3.05) is 0 Å². The fourth-order valence-electron chi connectivity index (χ4n) is 4.76. The van der Waals surface area contributed by atoms with E-state index >= 15 is 0 Å². The van der Waals surface area contributed by atoms with Gasteiger partial charge in [-0.2, -0.15) is 0 Å². The summed E-state index contributed by atoms with van der Waals surface area (Å²) in [5.41, 5.74) is -2.78. The molecule has 0 saturated carbocycles. The lowest BCUT2D eigenvalue weighted by atomic mass is 9.78. The van der Waals surface area contributed by atoms with Gasteiger partial charge in [0.15, 0.2) is 29.2 Å². The molecule has 7 atom stereocenters. The van der Waals surface area contributed by atoms with Crippen LogP contribution in [0, 0.1) is 5.92 Å². The average Bonchev–Trinajstić information content (AvgIpc) is 3.10. The van der Waals surface area contributed by atoms with Crippen molar-refractivity contribution in [1.29, 1.82) is 0 Å². The summed E-state index contributed by atoms with van der Waals surface area (Å²) >= 11 is 0. The monoisotopic (exact) mass is 432 g/mol. The molecule has 2 aliphatic carbocycles. The highest BCUT2D eigenvalue weighted by Crippen LogP contribution is 2.51. The first-order valence-corrected chi connectivity index (χ1v) is 9.96. The number of aliphatic hydroxyl groups is 1. The number of epoxide rings is 1. The van der Waals surface area contributed by atoms with Gasteiger partial charge < -0.3 is 24.1 Å². The number of rotatable bonds is 3. The lowest BCUT2D eigenvalue weighted by Gasteiger charge is -2.35. The van der Waals surface area contributed by atoms with Crippen LogP contribution >= 0.6 is 0 Å². The molecule has 4 aliphatic rings. The smallest absolute Gasteiger partial charge is 0.341 e. The van der Waals surface area contributed by atoms with Gasteiger partial charge in [0.2, 0.25) is 0 Å². The van der Waals surface area contributed by atoms with Crippen molar-refractivity contribution in [2.24, 2.45) is 5.92 Å². The third-order valence-electron chi connectivity index (χ3n) is 6.77. The Morgan fingerprint density at radius 1 is 1.23 bits per heavy atom. The first kappa shape index (κ1) is 21.5. The van der Waals surface area contributed by atoms with E-state index in [4.69, 9.17) is 18.9 Å². The standard InChI is InChI=1S/C22H24O9/c1-8-7-13(24)15-10(3)16(29-20(26)21(6)11(4)31-21)17(28-12(5)23)14-9(2)19(25)30-18(14)22(8,15)27/h7,11,14,16-18,27H,2H2,1,3-6H3/t11?,14-,16-,17-,18+,21?,22-/m1/s1. The Bertz CT molecular complexity index is 1000. The van der Waals surface area contributed by atoms with E-state index in [1.807, 2.05) is 0 Å². The second kappa shape index (κ2) is 6.61. The lowest BCUT2D eigenvalue weighted by molar-refractivity contribution is -0.173. The van der Waals surface area contributed by atoms with Gasteiger partial charge >= 0.3 is 17.9 Å². The number of allylic oxidation sites excluding steroid dienone is 1. The summed E-state index contributed by atoms with van der Waals surface area (Å²) in [5.74, 6) is -3.75. The molecule has 2 aliphatic heterocycles. The minimum absolute atomic E-state index is 0.0471. The van der Waals surface area contributed by atoms with Crippen molar-refractivity contribution < 1.29 is 43.2 Å². The zero-order valence-corrected chi connectivity index (χ0v) is 17.9. The van der Waals surface area contributed by atoms with Crippen LogP contribution in [-0.2, 0) is 38.1 Å². The maximum absolute atomic E-state index is 12.9. The van der Waals surface area contributed by atoms with Gasteiger partial charge in [-0.3, -0.25) is 9.59 Å². The number of carbonyl (C=O) groups excluding carboxylic acids is 4. The van der Waals surface area contributed by atoms with E-state index in [9.17, 15) is 24.3 Å². The Morgan fingerprint density at radius 3 is 2.39 bits per heavy atom. The van der Waals surface area contributed by atoms with Crippen LogP contribution in [0.1, 0.15) is 34.6 Å². The van der Waals surface area contributed by atoms with Crippen LogP contribution in [0.3, 0.4) is 0 Å². The quantitative estimate of drug-likeness (QED) is 0.296. The first-order chi connectivity index (χ1) is 14.3. The number of hydrogen-bond donors (Lipinski definition) is 1. The third kappa shape index (κ3) is 2.83. The molecule has 4 rings (SSSR count). The molecule has 0 aromatic heterocycles. The molecule has 9 heteroatoms. The van der Waals surface area contributed by atoms with Crippen molar-refractivity contribution >= 4 is 23.7 Å². The Balaban J connectivity index is 1.89. The molecule has 0 radical (unpaired) electrons. The average molecular weight is 432 g/mol. The molecular formula is C22H24O9. The highest BCUT2D eigenvalue weighted by Gasteiger charge is 2.65. The maximum Gasteiger partial charge on any atom is 0.341 e. The molecule has 2 saturated heterocycles. The molecule has 0 bridgehead atoms. The zero-order valence-electron chi connectivity index (χ0n) is 17.9. The van der Waals surface area contributed by atoms with Crippen molar-refractivity contribution in [1.82, 2.24) is 0 Å². The lowest BCUT2D eigenvalue weighted by Crippen LogP contribution is -2.50. The normalized spacial score (nSPS) is 41.2. The molecule has 0 spiro atoms. The first-order valence-electron chi connectivity index (χ1n) is 9.96. The predicted octanol–water partition coefficient (Wildman–Crippen LogP) is 0.695. The van der Waals surface area contributed by atoms with E-state index in [1.165, 1.54) is 26.8 Å². The summed E-state index contributed by atoms with van der Waals surface area (Å²) in [6.07, 6.45) is -2.91. The Labute approximate surface area is 178 Å². The van der Waals surface area contributed by atoms with Crippen LogP contribution < -0.4 is 0 Å². The highest BCUT2D eigenvalue weighted by molar-refractivity contribution is 6.11. The molecule has 0 amide bonds. The Morgan fingerprint density at radius 2 is 1.84 bits per heavy atom. The summed E-state index contributed by atoms with van der Waals surface area (Å²) in [7, 11) is 0. The van der Waals surface area contributed by atoms with Crippen LogP contribution in [-0.4, -0.2) is 64.4 Å². The highest BCUT2D eigenvalue weighted by atomic mass is 16.7. The minimum Gasteiger partial charge on any atom is -0.457 e. The van der Waals surface area contributed by atoms with Crippen molar-refractivity contribution in [3.63, 3.8) is 0 Å². The maximum atomic E-state index is 12.9. The van der Waals surface area contributed by atoms with Crippen molar-refractivity contribution in [3.05, 3.63) is 34.9 Å². The SMILES string of the molecule is C=C1C(=O)O[C@H]2[C@H]1[C@@H](OC(C)=O)[C@H](OC(=O)C1(C)OC1C)C(C)=C1C(=O)C=C(C)[C@@]12O. The van der Waals surface area contributed by atoms with Crippen LogP contribution in [0.5, 0.6) is 0 Å². The van der Waals surface area contributed by atoms with Gasteiger partial charge in [-0.05, 0) is 44.9 Å². The number of ketones is 1. The fraction of sp³-hybridized carbons (Fsp3) is 0.545. The number of fused-ring (bicyclic) bond motifs is 3. The van der Waals surface area contributed by atoms with Gasteiger partial charge in [0.25, 0.3) is 0 Å². The second-order valence-electron chi connectivity index (χ2n) is 8.66. The molecule has 2 fully saturated rings. The van der Waals surface area contributed by atoms with Crippen LogP contribution in [0.2, 0.25) is 0 Å². The predicted molar refractivity (Wildman–Crippen MR) is 103 cm³/mol. The summed E-state index contributed by atoms with van der Waals surface area (Å²) in [6.45, 7) is 11.2. The fourth-order valence-corrected chi connectivity index (χ4v) is 4.76. The largest absolute Gasteiger partial charge is 0.457 e. The molecule has 1 N–H and O–H groups in total. The van der Waals surface area contributed by atoms with Gasteiger partial charge in [-0.1, -0.05) is 6.58 Å². The van der Waals surface area contributed by atoms with E-state index in [0.29, 0.717) is 0 Å². The van der Waals surface area contributed by atoms with Crippen molar-refractivity contribution in [2.45, 2.75) is 70.2 Å². The zero-order chi connectivity index (χ0) is 23.0. The summed E-state index contributed by atoms with van der Waals surface area (Å²) in [5, 5.41) is 11.7. The molecule has 31 heavy (non-hydrogen) atoms. The van der Waals surface area contributed by atoms with Gasteiger partial charge in [0.1, 0.15) is 6.10 Å². The van der Waals surface area contributed by atoms with Crippen LogP contribution in [0.25, 0.3) is 0 Å². The van der Waals surface area contributed by atoms with Crippen molar-refractivity contribution in [3.8, 4) is 0 Å². The van der Waals surface area contributed by atoms with E-state index in [0.717, 1.165) is 0 Å². The molecule has 0 aromatic rings. The van der Waals surface area contributed by atoms with E-state index in [2.05, 4.69) is 6.58 Å². The number of hydrogen-bond acceptors (Lipinski definition) is 9. The second-order valence-corrected chi connectivity index (χ2v) is 8.66. The minimum atomic E-state index is -1.96. The van der Waals surface area contributed by atoms with Gasteiger partial charge in [0, 0.05) is 18.1 Å². The molecule has 2 unspecified atom stereocenters. The Hall–Kier alpha value is -2.78. The summed E-state index contributed by atoms with van der Waals surface area (Å²) in [4.78, 5) is 50.0. The van der Waals surface area contributed by atoms with E-state index < -0.39 is 59.1 Å². The van der Waals surface area contributed by atoms with E-state index in [1.54, 1.807) is 13.8 Å². The molecule has 166 valence electrons. The molecule has 2 heterocycles. The van der Waals surface area contributed by atoms with Gasteiger partial charge in [-0.15, -0.1) is 0 Å². The summed E-state index contributed by atoms with van der Waals surface area (Å²) in [6, 6.07) is 0. The topological polar surface area (TPSA) is 129 Å². The summed E-state index contributed by atoms with van der Waals surface area (Å²) < 4.78 is 22.0.